The second-order valence-corrected chi connectivity index (χ2v) is 9.15. The molecule has 0 unspecified atom stereocenters. The quantitative estimate of drug-likeness (QED) is 0.352. The second kappa shape index (κ2) is 10.5. The molecule has 0 aromatic heterocycles. The summed E-state index contributed by atoms with van der Waals surface area (Å²) in [6.45, 7) is 0.257. The first kappa shape index (κ1) is 23.5. The number of nitrogens with one attached hydrogen (secondary N) is 1. The molecule has 1 amide bonds. The lowest BCUT2D eigenvalue weighted by Gasteiger charge is -2.12. The summed E-state index contributed by atoms with van der Waals surface area (Å²) in [7, 11) is 1.56. The number of aliphatic imine (C=N–C) groups is 1. The van der Waals surface area contributed by atoms with E-state index in [-0.39, 0.29) is 12.5 Å². The molecule has 1 N–H and O–H groups in total. The second-order valence-electron chi connectivity index (χ2n) is 6.87. The molecule has 0 aliphatic carbocycles. The summed E-state index contributed by atoms with van der Waals surface area (Å²) in [6.07, 6.45) is 1.76. The van der Waals surface area contributed by atoms with Gasteiger partial charge in [-0.05, 0) is 59.8 Å². The molecule has 1 aliphatic rings. The number of para-hydroxylation sites is 1. The van der Waals surface area contributed by atoms with Crippen LogP contribution in [0.3, 0.4) is 0 Å². The normalized spacial score (nSPS) is 15.7. The van der Waals surface area contributed by atoms with Gasteiger partial charge < -0.3 is 14.8 Å². The van der Waals surface area contributed by atoms with E-state index in [2.05, 4.69) is 10.3 Å². The van der Waals surface area contributed by atoms with Crippen LogP contribution in [0.5, 0.6) is 11.5 Å². The van der Waals surface area contributed by atoms with Crippen molar-refractivity contribution in [1.29, 1.82) is 0 Å². The number of rotatable bonds is 6. The van der Waals surface area contributed by atoms with Crippen molar-refractivity contribution in [2.45, 2.75) is 6.61 Å². The van der Waals surface area contributed by atoms with Gasteiger partial charge in [0.15, 0.2) is 16.7 Å². The Morgan fingerprint density at radius 3 is 2.58 bits per heavy atom. The van der Waals surface area contributed by atoms with Crippen molar-refractivity contribution >= 4 is 69.4 Å². The third-order valence-corrected chi connectivity index (χ3v) is 6.43. The lowest BCUT2D eigenvalue weighted by atomic mass is 10.2. The summed E-state index contributed by atoms with van der Waals surface area (Å²) in [4.78, 5) is 17.3. The number of halogens is 3. The predicted octanol–water partition coefficient (Wildman–Crippen LogP) is 7.13. The molecule has 0 bridgehead atoms. The molecule has 9 heteroatoms. The van der Waals surface area contributed by atoms with E-state index in [1.165, 1.54) is 11.8 Å². The van der Waals surface area contributed by atoms with Crippen LogP contribution in [0.4, 0.5) is 5.69 Å². The molecule has 0 atom stereocenters. The van der Waals surface area contributed by atoms with Crippen LogP contribution in [-0.4, -0.2) is 18.2 Å². The summed E-state index contributed by atoms with van der Waals surface area (Å²) >= 11 is 19.5. The number of carbonyl (C=O) groups excluding carboxylic acids is 1. The number of carbonyl (C=O) groups is 1. The Bertz CT molecular complexity index is 1280. The number of benzene rings is 3. The van der Waals surface area contributed by atoms with E-state index in [1.54, 1.807) is 49.6 Å². The first-order chi connectivity index (χ1) is 15.9. The average Bonchev–Trinajstić information content (AvgIpc) is 3.13. The van der Waals surface area contributed by atoms with Crippen LogP contribution in [0.2, 0.25) is 15.1 Å². The predicted molar refractivity (Wildman–Crippen MR) is 136 cm³/mol. The van der Waals surface area contributed by atoms with Crippen LogP contribution >= 0.6 is 46.6 Å². The Hall–Kier alpha value is -2.64. The molecule has 33 heavy (non-hydrogen) atoms. The molecule has 1 saturated heterocycles. The van der Waals surface area contributed by atoms with Crippen LogP contribution < -0.4 is 14.8 Å². The number of hydrogen-bond acceptors (Lipinski definition) is 5. The standard InChI is InChI=1S/C24H17Cl3N2O3S/c1-31-21-10-14(6-9-20(21)32-13-15-7-8-16(25)12-18(15)27)11-22-23(30)29-24(33-22)28-19-5-3-2-4-17(19)26/h2-12H,13H2,1H3,(H,28,29,30)/b22-11+. The topological polar surface area (TPSA) is 59.9 Å². The van der Waals surface area contributed by atoms with Gasteiger partial charge >= 0.3 is 0 Å². The van der Waals surface area contributed by atoms with Gasteiger partial charge in [-0.1, -0.05) is 59.1 Å². The fraction of sp³-hybridized carbons (Fsp3) is 0.0833. The molecule has 3 aromatic carbocycles. The molecular weight excluding hydrogens is 503 g/mol. The van der Waals surface area contributed by atoms with Crippen molar-refractivity contribution in [3.8, 4) is 11.5 Å². The molecule has 3 aromatic rings. The van der Waals surface area contributed by atoms with Crippen molar-refractivity contribution in [3.05, 3.63) is 91.8 Å². The molecule has 1 aliphatic heterocycles. The monoisotopic (exact) mass is 518 g/mol. The van der Waals surface area contributed by atoms with E-state index < -0.39 is 0 Å². The summed E-state index contributed by atoms with van der Waals surface area (Å²) < 4.78 is 11.4. The minimum Gasteiger partial charge on any atom is -0.493 e. The van der Waals surface area contributed by atoms with Crippen LogP contribution in [0.25, 0.3) is 6.08 Å². The molecule has 4 rings (SSSR count). The lowest BCUT2D eigenvalue weighted by molar-refractivity contribution is -0.115. The number of amides is 1. The van der Waals surface area contributed by atoms with Crippen molar-refractivity contribution in [3.63, 3.8) is 0 Å². The maximum atomic E-state index is 12.4. The van der Waals surface area contributed by atoms with Gasteiger partial charge in [0.2, 0.25) is 0 Å². The number of thioether (sulfide) groups is 1. The third-order valence-electron chi connectivity index (χ3n) is 4.61. The average molecular weight is 520 g/mol. The van der Waals surface area contributed by atoms with Gasteiger partial charge in [-0.15, -0.1) is 0 Å². The highest BCUT2D eigenvalue weighted by atomic mass is 35.5. The summed E-state index contributed by atoms with van der Waals surface area (Å²) in [5.41, 5.74) is 2.17. The zero-order chi connectivity index (χ0) is 23.4. The van der Waals surface area contributed by atoms with Crippen molar-refractivity contribution < 1.29 is 14.3 Å². The van der Waals surface area contributed by atoms with E-state index in [0.717, 1.165) is 11.1 Å². The highest BCUT2D eigenvalue weighted by molar-refractivity contribution is 8.18. The number of nitrogens with zero attached hydrogens (tertiary/aromatic N) is 1. The Balaban J connectivity index is 1.50. The number of ether oxygens (including phenoxy) is 2. The minimum absolute atomic E-state index is 0.234. The molecule has 0 radical (unpaired) electrons. The van der Waals surface area contributed by atoms with Gasteiger partial charge in [0.25, 0.3) is 5.91 Å². The van der Waals surface area contributed by atoms with Gasteiger partial charge in [0, 0.05) is 15.6 Å². The van der Waals surface area contributed by atoms with E-state index in [9.17, 15) is 4.79 Å². The van der Waals surface area contributed by atoms with E-state index in [0.29, 0.717) is 42.3 Å². The molecule has 1 heterocycles. The van der Waals surface area contributed by atoms with Gasteiger partial charge in [-0.3, -0.25) is 4.79 Å². The first-order valence-corrected chi connectivity index (χ1v) is 11.7. The minimum atomic E-state index is -0.234. The maximum Gasteiger partial charge on any atom is 0.264 e. The zero-order valence-corrected chi connectivity index (χ0v) is 20.4. The van der Waals surface area contributed by atoms with Gasteiger partial charge in [0.1, 0.15) is 6.61 Å². The van der Waals surface area contributed by atoms with Gasteiger partial charge in [0.05, 0.1) is 22.7 Å². The summed E-state index contributed by atoms with van der Waals surface area (Å²) in [6, 6.07) is 17.8. The van der Waals surface area contributed by atoms with Crippen molar-refractivity contribution in [1.82, 2.24) is 5.32 Å². The highest BCUT2D eigenvalue weighted by Crippen LogP contribution is 2.34. The highest BCUT2D eigenvalue weighted by Gasteiger charge is 2.24. The molecule has 0 saturated carbocycles. The Labute approximate surface area is 210 Å². The Kier molecular flexibility index (Phi) is 7.50. The van der Waals surface area contributed by atoms with Crippen LogP contribution in [0, 0.1) is 0 Å². The van der Waals surface area contributed by atoms with Crippen LogP contribution in [0.1, 0.15) is 11.1 Å². The molecular formula is C24H17Cl3N2O3S. The lowest BCUT2D eigenvalue weighted by Crippen LogP contribution is -2.19. The van der Waals surface area contributed by atoms with Crippen molar-refractivity contribution in [2.24, 2.45) is 4.99 Å². The zero-order valence-electron chi connectivity index (χ0n) is 17.3. The first-order valence-electron chi connectivity index (χ1n) is 9.72. The number of amidine groups is 1. The molecule has 1 fully saturated rings. The Morgan fingerprint density at radius 1 is 1.00 bits per heavy atom. The van der Waals surface area contributed by atoms with E-state index >= 15 is 0 Å². The van der Waals surface area contributed by atoms with Crippen molar-refractivity contribution in [2.75, 3.05) is 7.11 Å². The van der Waals surface area contributed by atoms with E-state index in [4.69, 9.17) is 44.3 Å². The SMILES string of the molecule is COc1cc(/C=C2/SC(=Nc3ccccc3Cl)NC2=O)ccc1OCc1ccc(Cl)cc1Cl. The molecule has 0 spiro atoms. The summed E-state index contributed by atoms with van der Waals surface area (Å²) in [5, 5.41) is 4.82. The number of methoxy groups -OCH3 is 1. The maximum absolute atomic E-state index is 12.4. The molecule has 168 valence electrons. The van der Waals surface area contributed by atoms with Crippen LogP contribution in [-0.2, 0) is 11.4 Å². The van der Waals surface area contributed by atoms with Gasteiger partial charge in [-0.25, -0.2) is 4.99 Å². The fourth-order valence-electron chi connectivity index (χ4n) is 2.97. The molecule has 5 nitrogen and oxygen atoms in total. The number of hydrogen-bond donors (Lipinski definition) is 1. The van der Waals surface area contributed by atoms with Crippen LogP contribution in [0.15, 0.2) is 70.6 Å². The Morgan fingerprint density at radius 2 is 1.82 bits per heavy atom. The van der Waals surface area contributed by atoms with Gasteiger partial charge in [-0.2, -0.15) is 0 Å². The fourth-order valence-corrected chi connectivity index (χ4v) is 4.45. The summed E-state index contributed by atoms with van der Waals surface area (Å²) in [5.74, 6) is 0.848. The smallest absolute Gasteiger partial charge is 0.264 e. The largest absolute Gasteiger partial charge is 0.493 e. The van der Waals surface area contributed by atoms with E-state index in [1.807, 2.05) is 24.3 Å². The third kappa shape index (κ3) is 5.84.